The molecule has 5 N–H and O–H groups in total. The number of alkyl halides is 1. The molecule has 0 spiro atoms. The number of carbonyl (C=O) groups excluding carboxylic acids is 4. The second-order valence-corrected chi connectivity index (χ2v) is 25.0. The number of benzene rings is 3. The quantitative estimate of drug-likeness (QED) is 0.0616. The van der Waals surface area contributed by atoms with Crippen molar-refractivity contribution in [3.05, 3.63) is 119 Å². The molecule has 0 bridgehead atoms. The predicted molar refractivity (Wildman–Crippen MR) is 300 cm³/mol. The molecule has 3 aromatic heterocycles. The van der Waals surface area contributed by atoms with Gasteiger partial charge in [-0.05, 0) is 84.7 Å². The summed E-state index contributed by atoms with van der Waals surface area (Å²) >= 11 is 1.57. The van der Waals surface area contributed by atoms with Gasteiger partial charge in [0.2, 0.25) is 23.5 Å². The summed E-state index contributed by atoms with van der Waals surface area (Å²) in [6.45, 7) is 13.2. The molecule has 4 saturated heterocycles. The molecule has 4 aliphatic rings. The van der Waals surface area contributed by atoms with Crippen LogP contribution in [0.1, 0.15) is 67.2 Å². The Kier molecular flexibility index (Phi) is 16.5. The maximum Gasteiger partial charge on any atom is 0.301 e. The number of H-pyrrole nitrogens is 1. The average molecular weight is 1140 g/mol. The van der Waals surface area contributed by atoms with Crippen LogP contribution in [0.3, 0.4) is 0 Å². The zero-order valence-corrected chi connectivity index (χ0v) is 46.7. The second kappa shape index (κ2) is 23.4. The van der Waals surface area contributed by atoms with Crippen LogP contribution in [0.15, 0.2) is 84.6 Å². The summed E-state index contributed by atoms with van der Waals surface area (Å²) in [4.78, 5) is 76.1. The van der Waals surface area contributed by atoms with Crippen molar-refractivity contribution in [2.24, 2.45) is 11.3 Å². The molecule has 3 amide bonds. The lowest BCUT2D eigenvalue weighted by atomic mass is 9.85. The molecule has 4 fully saturated rings. The first-order chi connectivity index (χ1) is 38.2. The van der Waals surface area contributed by atoms with E-state index in [0.29, 0.717) is 35.6 Å². The van der Waals surface area contributed by atoms with Crippen molar-refractivity contribution in [2.75, 3.05) is 81.6 Å². The number of amides is 3. The largest absolute Gasteiger partial charge is 0.391 e. The van der Waals surface area contributed by atoms with Gasteiger partial charge < -0.3 is 35.4 Å². The van der Waals surface area contributed by atoms with E-state index in [1.807, 2.05) is 86.5 Å². The number of aromatic nitrogens is 3. The predicted octanol–water partition coefficient (Wildman–Crippen LogP) is 6.12. The van der Waals surface area contributed by atoms with Crippen molar-refractivity contribution >= 4 is 67.5 Å². The van der Waals surface area contributed by atoms with Gasteiger partial charge in [-0.3, -0.25) is 28.8 Å². The monoisotopic (exact) mass is 1140 g/mol. The number of thiazole rings is 1. The molecular weight excluding hydrogens is 1070 g/mol. The van der Waals surface area contributed by atoms with E-state index in [0.717, 1.165) is 88.5 Å². The summed E-state index contributed by atoms with van der Waals surface area (Å²) in [6.07, 6.45) is 1.83. The molecule has 0 saturated carbocycles. The molecule has 0 radical (unpaired) electrons. The first-order valence-electron chi connectivity index (χ1n) is 27.0. The van der Waals surface area contributed by atoms with Crippen molar-refractivity contribution in [1.82, 2.24) is 44.6 Å². The number of aliphatic hydroxyl groups excluding tert-OH is 1. The van der Waals surface area contributed by atoms with E-state index in [9.17, 15) is 37.1 Å². The maximum atomic E-state index is 15.8. The molecule has 0 aliphatic carbocycles. The normalized spacial score (nSPS) is 20.0. The SMILES string of the molecule is Cc1ncsc1-c1ccc(CNC(=O)[C@@H]2C[C@@H](O)CN2C(=O)[C@@H](NC(=O)CN2CCN(CCC3CN(c4ccc(-c5cnc6[nH]cc(C(=O)c7c(F)ccc(NS(=O)(=O)N8CC[C@@H](F)C8)c7F)c6c5)cc4)C3)CC2)C(C)(C)C)cc1. The Morgan fingerprint density at radius 2 is 1.60 bits per heavy atom. The molecule has 3 aromatic carbocycles. The summed E-state index contributed by atoms with van der Waals surface area (Å²) in [5.74, 6) is -4.11. The van der Waals surface area contributed by atoms with Gasteiger partial charge in [0.15, 0.2) is 5.82 Å². The fourth-order valence-electron chi connectivity index (χ4n) is 11.0. The number of anilines is 2. The minimum absolute atomic E-state index is 0.00189. The Bertz CT molecular complexity index is 3380. The molecule has 80 heavy (non-hydrogen) atoms. The number of nitrogens with zero attached hydrogens (tertiary/aromatic N) is 7. The molecule has 4 atom stereocenters. The number of ketones is 1. The number of aliphatic hydroxyl groups is 1. The fourth-order valence-corrected chi connectivity index (χ4v) is 13.1. The lowest BCUT2D eigenvalue weighted by molar-refractivity contribution is -0.144. The Morgan fingerprint density at radius 1 is 0.887 bits per heavy atom. The topological polar surface area (TPSA) is 217 Å². The number of hydrogen-bond donors (Lipinski definition) is 5. The number of β-amino-alcohol motifs (C(OH)–C–C–N with tert-alkyl or cyclic N) is 1. The van der Waals surface area contributed by atoms with E-state index in [1.54, 1.807) is 23.6 Å². The number of nitrogens with one attached hydrogen (secondary N) is 4. The van der Waals surface area contributed by atoms with Gasteiger partial charge in [0.1, 0.15) is 29.7 Å². The van der Waals surface area contributed by atoms with Gasteiger partial charge in [-0.25, -0.2) is 23.1 Å². The number of halogens is 3. The van der Waals surface area contributed by atoms with Gasteiger partial charge >= 0.3 is 10.2 Å². The van der Waals surface area contributed by atoms with Crippen LogP contribution in [-0.4, -0.2) is 167 Å². The first-order valence-corrected chi connectivity index (χ1v) is 29.3. The maximum absolute atomic E-state index is 15.8. The summed E-state index contributed by atoms with van der Waals surface area (Å²) in [7, 11) is -4.37. The number of piperazine rings is 1. The molecule has 10 rings (SSSR count). The zero-order chi connectivity index (χ0) is 56.6. The van der Waals surface area contributed by atoms with E-state index in [2.05, 4.69) is 40.3 Å². The van der Waals surface area contributed by atoms with Crippen LogP contribution in [0.5, 0.6) is 0 Å². The third-order valence-corrected chi connectivity index (χ3v) is 18.2. The fraction of sp³-hybridized carbons (Fsp3) is 0.439. The molecule has 6 aromatic rings. The van der Waals surface area contributed by atoms with Gasteiger partial charge in [0, 0.05) is 106 Å². The van der Waals surface area contributed by atoms with Crippen molar-refractivity contribution < 1.29 is 45.9 Å². The number of carbonyl (C=O) groups is 4. The minimum atomic E-state index is -4.37. The zero-order valence-electron chi connectivity index (χ0n) is 45.1. The van der Waals surface area contributed by atoms with E-state index in [4.69, 9.17) is 0 Å². The number of aromatic amines is 1. The highest BCUT2D eigenvalue weighted by Gasteiger charge is 2.45. The van der Waals surface area contributed by atoms with E-state index < -0.39 is 81.1 Å². The number of likely N-dealkylation sites (tertiary alicyclic amines) is 1. The molecular formula is C57H66F3N11O7S2. The van der Waals surface area contributed by atoms with Crippen molar-refractivity contribution in [2.45, 2.75) is 77.9 Å². The average Bonchev–Trinajstić information content (AvgIpc) is 4.30. The van der Waals surface area contributed by atoms with Gasteiger partial charge in [-0.2, -0.15) is 12.7 Å². The number of hydrogen-bond acceptors (Lipinski definition) is 13. The summed E-state index contributed by atoms with van der Waals surface area (Å²) < 4.78 is 73.3. The Labute approximate surface area is 466 Å². The standard InChI is InChI=1S/C57H66F3N11O7S2/c1-34-52(79-33-64-34)38-7-5-35(6-8-38)25-63-55(75)47-24-42(72)31-71(47)56(76)53(57(2,3)4)65-48(73)32-68-21-19-67(20-22-68)17-15-36-28-69(29-36)41-11-9-37(10-12-41)39-23-43-44(27-62-54(43)61-26-39)51(74)49-45(59)13-14-46(50(49)60)66-80(77,78)70-18-16-40(58)30-70/h5-14,23,26-27,33,36,40,42,47,53,66,72H,15-22,24-25,28-32H2,1-4H3,(H,61,62)(H,63,75)(H,65,73)/t40-,42-,47+,53-/m1/s1. The Balaban J connectivity index is 0.667. The van der Waals surface area contributed by atoms with Crippen molar-refractivity contribution in [3.63, 3.8) is 0 Å². The number of fused-ring (bicyclic) bond motifs is 1. The van der Waals surface area contributed by atoms with E-state index in [1.165, 1.54) is 11.1 Å². The summed E-state index contributed by atoms with van der Waals surface area (Å²) in [6, 6.07) is 17.4. The third-order valence-electron chi connectivity index (χ3n) is 15.7. The Morgan fingerprint density at radius 3 is 2.27 bits per heavy atom. The highest BCUT2D eigenvalue weighted by molar-refractivity contribution is 7.90. The number of rotatable bonds is 18. The smallest absolute Gasteiger partial charge is 0.301 e. The van der Waals surface area contributed by atoms with Gasteiger partial charge in [0.05, 0.1) is 40.0 Å². The van der Waals surface area contributed by atoms with E-state index >= 15 is 8.78 Å². The van der Waals surface area contributed by atoms with Crippen LogP contribution in [0.25, 0.3) is 32.6 Å². The molecule has 23 heteroatoms. The van der Waals surface area contributed by atoms with Crippen LogP contribution in [0.4, 0.5) is 24.5 Å². The van der Waals surface area contributed by atoms with Crippen molar-refractivity contribution in [1.29, 1.82) is 0 Å². The van der Waals surface area contributed by atoms with Crippen LogP contribution in [-0.2, 0) is 31.1 Å². The second-order valence-electron chi connectivity index (χ2n) is 22.5. The van der Waals surface area contributed by atoms with Gasteiger partial charge in [0.25, 0.3) is 0 Å². The molecule has 7 heterocycles. The van der Waals surface area contributed by atoms with Gasteiger partial charge in [-0.1, -0.05) is 57.2 Å². The first kappa shape index (κ1) is 56.5. The summed E-state index contributed by atoms with van der Waals surface area (Å²) in [5.41, 5.74) is 5.23. The lowest BCUT2D eigenvalue weighted by Crippen LogP contribution is -2.59. The third kappa shape index (κ3) is 12.4. The molecule has 18 nitrogen and oxygen atoms in total. The van der Waals surface area contributed by atoms with Crippen molar-refractivity contribution in [3.8, 4) is 21.6 Å². The molecule has 4 aliphatic heterocycles. The number of pyridine rings is 1. The minimum Gasteiger partial charge on any atom is -0.391 e. The van der Waals surface area contributed by atoms with Crippen LogP contribution in [0, 0.1) is 29.9 Å². The van der Waals surface area contributed by atoms with E-state index in [-0.39, 0.29) is 56.4 Å². The lowest BCUT2D eigenvalue weighted by Gasteiger charge is -2.42. The summed E-state index contributed by atoms with van der Waals surface area (Å²) in [5, 5.41) is 16.9. The van der Waals surface area contributed by atoms with Crippen LogP contribution >= 0.6 is 11.3 Å². The Hall–Kier alpha value is -6.76. The van der Waals surface area contributed by atoms with Crippen LogP contribution < -0.4 is 20.3 Å². The highest BCUT2D eigenvalue weighted by atomic mass is 32.2. The van der Waals surface area contributed by atoms with Gasteiger partial charge in [-0.15, -0.1) is 11.3 Å². The number of aryl methyl sites for hydroxylation is 1. The molecule has 0 unspecified atom stereocenters. The highest BCUT2D eigenvalue weighted by Crippen LogP contribution is 2.34. The molecule has 424 valence electrons. The van der Waals surface area contributed by atoms with Crippen LogP contribution in [0.2, 0.25) is 0 Å².